The molecule has 1 atom stereocenters. The zero-order chi connectivity index (χ0) is 13.7. The van der Waals surface area contributed by atoms with Crippen molar-refractivity contribution >= 4 is 29.6 Å². The van der Waals surface area contributed by atoms with E-state index >= 15 is 0 Å². The van der Waals surface area contributed by atoms with E-state index in [1.165, 1.54) is 20.0 Å². The lowest BCUT2D eigenvalue weighted by atomic mass is 10.2. The van der Waals surface area contributed by atoms with Gasteiger partial charge >= 0.3 is 5.97 Å². The third-order valence-electron chi connectivity index (χ3n) is 2.57. The van der Waals surface area contributed by atoms with E-state index in [0.717, 1.165) is 10.5 Å². The van der Waals surface area contributed by atoms with Gasteiger partial charge in [0.1, 0.15) is 6.04 Å². The largest absolute Gasteiger partial charge is 0.480 e. The third-order valence-corrected chi connectivity index (χ3v) is 2.83. The Labute approximate surface area is 110 Å². The minimum Gasteiger partial charge on any atom is -0.480 e. The van der Waals surface area contributed by atoms with Crippen LogP contribution in [0.15, 0.2) is 30.3 Å². The molecule has 5 heteroatoms. The molecule has 1 amide bonds. The molecule has 1 rings (SSSR count). The number of carbonyl (C=O) groups excluding carboxylic acids is 1. The molecule has 0 aromatic heterocycles. The fourth-order valence-corrected chi connectivity index (χ4v) is 1.34. The first-order valence-electron chi connectivity index (χ1n) is 5.35. The molecule has 0 saturated carbocycles. The first-order valence-corrected chi connectivity index (χ1v) is 5.73. The number of likely N-dealkylation sites (N-methyl/N-ethyl adjacent to an activating group) is 1. The van der Waals surface area contributed by atoms with E-state index in [0.29, 0.717) is 5.02 Å². The summed E-state index contributed by atoms with van der Waals surface area (Å²) in [6, 6.07) is 6.12. The van der Waals surface area contributed by atoms with Gasteiger partial charge in [-0.25, -0.2) is 4.79 Å². The second-order valence-electron chi connectivity index (χ2n) is 3.85. The Morgan fingerprint density at radius 2 is 1.89 bits per heavy atom. The highest BCUT2D eigenvalue weighted by Gasteiger charge is 2.19. The number of carbonyl (C=O) groups is 2. The zero-order valence-electron chi connectivity index (χ0n) is 10.1. The average Bonchev–Trinajstić information content (AvgIpc) is 2.35. The van der Waals surface area contributed by atoms with Gasteiger partial charge < -0.3 is 10.0 Å². The molecular formula is C13H14ClNO3. The monoisotopic (exact) mass is 267 g/mol. The summed E-state index contributed by atoms with van der Waals surface area (Å²) in [7, 11) is 1.45. The van der Waals surface area contributed by atoms with Crippen LogP contribution in [0.5, 0.6) is 0 Å². The van der Waals surface area contributed by atoms with E-state index in [2.05, 4.69) is 0 Å². The Balaban J connectivity index is 2.69. The van der Waals surface area contributed by atoms with E-state index in [4.69, 9.17) is 16.7 Å². The van der Waals surface area contributed by atoms with Crippen LogP contribution in [0, 0.1) is 0 Å². The van der Waals surface area contributed by atoms with Gasteiger partial charge in [0.05, 0.1) is 0 Å². The number of nitrogens with zero attached hydrogens (tertiary/aromatic N) is 1. The van der Waals surface area contributed by atoms with Gasteiger partial charge in [0.25, 0.3) is 0 Å². The maximum atomic E-state index is 11.7. The highest BCUT2D eigenvalue weighted by atomic mass is 35.5. The van der Waals surface area contributed by atoms with Gasteiger partial charge in [-0.15, -0.1) is 0 Å². The third kappa shape index (κ3) is 3.89. The number of benzene rings is 1. The highest BCUT2D eigenvalue weighted by Crippen LogP contribution is 2.10. The fourth-order valence-electron chi connectivity index (χ4n) is 1.22. The molecule has 0 aliphatic rings. The van der Waals surface area contributed by atoms with Crippen LogP contribution >= 0.6 is 11.6 Å². The van der Waals surface area contributed by atoms with Gasteiger partial charge in [0, 0.05) is 18.1 Å². The number of amides is 1. The summed E-state index contributed by atoms with van der Waals surface area (Å²) in [6.45, 7) is 1.45. The highest BCUT2D eigenvalue weighted by molar-refractivity contribution is 6.30. The number of halogens is 1. The van der Waals surface area contributed by atoms with Crippen molar-refractivity contribution in [2.45, 2.75) is 13.0 Å². The standard InChI is InChI=1S/C13H14ClNO3/c1-9(13(17)18)15(2)12(16)8-5-10-3-6-11(14)7-4-10/h3-9H,1-2H3,(H,17,18). The van der Waals surface area contributed by atoms with Gasteiger partial charge in [-0.1, -0.05) is 23.7 Å². The van der Waals surface area contributed by atoms with Gasteiger partial charge in [-0.2, -0.15) is 0 Å². The quantitative estimate of drug-likeness (QED) is 0.852. The summed E-state index contributed by atoms with van der Waals surface area (Å²) >= 11 is 5.74. The molecule has 0 fully saturated rings. The van der Waals surface area contributed by atoms with Crippen LogP contribution in [0.2, 0.25) is 5.02 Å². The molecule has 0 aliphatic carbocycles. The lowest BCUT2D eigenvalue weighted by Crippen LogP contribution is -2.39. The van der Waals surface area contributed by atoms with Crippen molar-refractivity contribution in [1.29, 1.82) is 0 Å². The number of carboxylic acids is 1. The summed E-state index contributed by atoms with van der Waals surface area (Å²) in [5.74, 6) is -1.40. The molecule has 0 aliphatic heterocycles. The second kappa shape index (κ2) is 6.21. The molecular weight excluding hydrogens is 254 g/mol. The molecule has 1 aromatic rings. The summed E-state index contributed by atoms with van der Waals surface area (Å²) in [5, 5.41) is 9.40. The SMILES string of the molecule is CC(C(=O)O)N(C)C(=O)C=Cc1ccc(Cl)cc1. The molecule has 1 unspecified atom stereocenters. The molecule has 0 saturated heterocycles. The molecule has 0 spiro atoms. The summed E-state index contributed by atoms with van der Waals surface area (Å²) < 4.78 is 0. The van der Waals surface area contributed by atoms with E-state index in [1.807, 2.05) is 0 Å². The molecule has 4 nitrogen and oxygen atoms in total. The molecule has 1 aromatic carbocycles. The van der Waals surface area contributed by atoms with E-state index in [1.54, 1.807) is 30.3 Å². The fraction of sp³-hybridized carbons (Fsp3) is 0.231. The lowest BCUT2D eigenvalue weighted by Gasteiger charge is -2.19. The van der Waals surface area contributed by atoms with Crippen molar-refractivity contribution < 1.29 is 14.7 Å². The lowest BCUT2D eigenvalue weighted by molar-refractivity contribution is -0.146. The number of hydrogen-bond acceptors (Lipinski definition) is 2. The smallest absolute Gasteiger partial charge is 0.326 e. The Morgan fingerprint density at radius 3 is 2.39 bits per heavy atom. The Kier molecular flexibility index (Phi) is 4.92. The van der Waals surface area contributed by atoms with Crippen LogP contribution in [-0.4, -0.2) is 35.0 Å². The van der Waals surface area contributed by atoms with Crippen molar-refractivity contribution in [1.82, 2.24) is 4.90 Å². The Morgan fingerprint density at radius 1 is 1.33 bits per heavy atom. The van der Waals surface area contributed by atoms with E-state index in [-0.39, 0.29) is 5.91 Å². The van der Waals surface area contributed by atoms with Crippen LogP contribution < -0.4 is 0 Å². The number of hydrogen-bond donors (Lipinski definition) is 1. The molecule has 0 radical (unpaired) electrons. The zero-order valence-corrected chi connectivity index (χ0v) is 10.9. The van der Waals surface area contributed by atoms with Crippen molar-refractivity contribution in [2.75, 3.05) is 7.05 Å². The summed E-state index contributed by atoms with van der Waals surface area (Å²) in [4.78, 5) is 23.6. The minimum atomic E-state index is -1.04. The van der Waals surface area contributed by atoms with Gasteiger partial charge in [0.15, 0.2) is 0 Å². The van der Waals surface area contributed by atoms with Gasteiger partial charge in [-0.05, 0) is 30.7 Å². The molecule has 1 N–H and O–H groups in total. The van der Waals surface area contributed by atoms with Crippen LogP contribution in [0.25, 0.3) is 6.08 Å². The Bertz CT molecular complexity index is 468. The normalized spacial score (nSPS) is 12.4. The van der Waals surface area contributed by atoms with Crippen molar-refractivity contribution in [3.8, 4) is 0 Å². The van der Waals surface area contributed by atoms with Crippen LogP contribution in [0.3, 0.4) is 0 Å². The topological polar surface area (TPSA) is 57.6 Å². The van der Waals surface area contributed by atoms with Crippen molar-refractivity contribution in [2.24, 2.45) is 0 Å². The van der Waals surface area contributed by atoms with E-state index in [9.17, 15) is 9.59 Å². The number of rotatable bonds is 4. The number of aliphatic carboxylic acids is 1. The van der Waals surface area contributed by atoms with Crippen LogP contribution in [-0.2, 0) is 9.59 Å². The second-order valence-corrected chi connectivity index (χ2v) is 4.28. The van der Waals surface area contributed by atoms with Gasteiger partial charge in [-0.3, -0.25) is 4.79 Å². The summed E-state index contributed by atoms with van der Waals surface area (Å²) in [5.41, 5.74) is 0.823. The first kappa shape index (κ1) is 14.3. The Hall–Kier alpha value is -1.81. The van der Waals surface area contributed by atoms with Gasteiger partial charge in [0.2, 0.25) is 5.91 Å². The predicted octanol–water partition coefficient (Wildman–Crippen LogP) is 2.28. The molecule has 0 heterocycles. The van der Waals surface area contributed by atoms with E-state index < -0.39 is 12.0 Å². The van der Waals surface area contributed by atoms with Crippen molar-refractivity contribution in [3.63, 3.8) is 0 Å². The molecule has 0 bridgehead atoms. The molecule has 96 valence electrons. The predicted molar refractivity (Wildman–Crippen MR) is 70.4 cm³/mol. The minimum absolute atomic E-state index is 0.361. The first-order chi connectivity index (χ1) is 8.41. The van der Waals surface area contributed by atoms with Crippen LogP contribution in [0.4, 0.5) is 0 Å². The van der Waals surface area contributed by atoms with Crippen LogP contribution in [0.1, 0.15) is 12.5 Å². The average molecular weight is 268 g/mol. The number of carboxylic acid groups (broad SMARTS) is 1. The van der Waals surface area contributed by atoms with Crippen molar-refractivity contribution in [3.05, 3.63) is 40.9 Å². The molecule has 18 heavy (non-hydrogen) atoms. The maximum absolute atomic E-state index is 11.7. The maximum Gasteiger partial charge on any atom is 0.326 e. The summed E-state index contributed by atoms with van der Waals surface area (Å²) in [6.07, 6.45) is 2.95.